The van der Waals surface area contributed by atoms with Gasteiger partial charge in [-0.15, -0.1) is 0 Å². The molecule has 1 aliphatic heterocycles. The molecular weight excluding hydrogens is 388 g/mol. The summed E-state index contributed by atoms with van der Waals surface area (Å²) in [6.07, 6.45) is 0. The lowest BCUT2D eigenvalue weighted by molar-refractivity contribution is 0.0693. The lowest BCUT2D eigenvalue weighted by Crippen LogP contribution is -2.50. The normalized spacial score (nSPS) is 15.8. The predicted molar refractivity (Wildman–Crippen MR) is 87.4 cm³/mol. The second-order valence-electron chi connectivity index (χ2n) is 5.90. The summed E-state index contributed by atoms with van der Waals surface area (Å²) < 4.78 is 79.5. The van der Waals surface area contributed by atoms with Crippen LogP contribution in [0.2, 0.25) is 0 Å². The molecule has 1 saturated heterocycles. The first-order chi connectivity index (χ1) is 12.7. The highest BCUT2D eigenvalue weighted by Gasteiger charge is 2.32. The van der Waals surface area contributed by atoms with Crippen molar-refractivity contribution < 1.29 is 30.8 Å². The molecule has 10 heteroatoms. The smallest absolute Gasteiger partial charge is 0.256 e. The van der Waals surface area contributed by atoms with Crippen molar-refractivity contribution in [3.63, 3.8) is 0 Å². The van der Waals surface area contributed by atoms with Gasteiger partial charge in [0.1, 0.15) is 28.2 Å². The molecule has 0 aliphatic carbocycles. The van der Waals surface area contributed by atoms with Crippen molar-refractivity contribution in [1.29, 1.82) is 0 Å². The molecule has 27 heavy (non-hydrogen) atoms. The van der Waals surface area contributed by atoms with Crippen LogP contribution in [-0.2, 0) is 10.0 Å². The number of amides is 1. The summed E-state index contributed by atoms with van der Waals surface area (Å²) >= 11 is 0. The molecule has 0 saturated carbocycles. The SMILES string of the molecule is O=C(c1ccc(F)cc1F)N1CCN(S(=O)(=O)c2ccc(F)cc2F)CC1. The van der Waals surface area contributed by atoms with E-state index in [1.54, 1.807) is 0 Å². The van der Waals surface area contributed by atoms with Gasteiger partial charge < -0.3 is 4.90 Å². The molecule has 3 rings (SSSR count). The quantitative estimate of drug-likeness (QED) is 0.741. The third-order valence-electron chi connectivity index (χ3n) is 4.20. The van der Waals surface area contributed by atoms with Gasteiger partial charge in [-0.2, -0.15) is 4.31 Å². The van der Waals surface area contributed by atoms with Crippen LogP contribution in [0, 0.1) is 23.3 Å². The van der Waals surface area contributed by atoms with E-state index in [4.69, 9.17) is 0 Å². The van der Waals surface area contributed by atoms with E-state index in [1.165, 1.54) is 4.90 Å². The van der Waals surface area contributed by atoms with Crippen molar-refractivity contribution in [3.05, 3.63) is 65.2 Å². The van der Waals surface area contributed by atoms with Gasteiger partial charge in [0.2, 0.25) is 10.0 Å². The first kappa shape index (κ1) is 19.3. The topological polar surface area (TPSA) is 57.7 Å². The Morgan fingerprint density at radius 2 is 1.37 bits per heavy atom. The van der Waals surface area contributed by atoms with Crippen molar-refractivity contribution in [2.24, 2.45) is 0 Å². The average molecular weight is 402 g/mol. The van der Waals surface area contributed by atoms with Crippen molar-refractivity contribution >= 4 is 15.9 Å². The molecule has 5 nitrogen and oxygen atoms in total. The van der Waals surface area contributed by atoms with Gasteiger partial charge >= 0.3 is 0 Å². The van der Waals surface area contributed by atoms with Gasteiger partial charge in [-0.1, -0.05) is 0 Å². The van der Waals surface area contributed by atoms with Crippen molar-refractivity contribution in [1.82, 2.24) is 9.21 Å². The van der Waals surface area contributed by atoms with Crippen LogP contribution < -0.4 is 0 Å². The van der Waals surface area contributed by atoms with E-state index in [9.17, 15) is 30.8 Å². The zero-order chi connectivity index (χ0) is 19.8. The molecular formula is C17H14F4N2O3S. The van der Waals surface area contributed by atoms with E-state index in [0.717, 1.165) is 28.6 Å². The number of hydrogen-bond acceptors (Lipinski definition) is 3. The molecule has 2 aromatic carbocycles. The van der Waals surface area contributed by atoms with Gasteiger partial charge in [-0.05, 0) is 24.3 Å². The highest BCUT2D eigenvalue weighted by molar-refractivity contribution is 7.89. The molecule has 0 unspecified atom stereocenters. The molecule has 0 bridgehead atoms. The highest BCUT2D eigenvalue weighted by atomic mass is 32.2. The van der Waals surface area contributed by atoms with Gasteiger partial charge in [0.05, 0.1) is 5.56 Å². The second-order valence-corrected chi connectivity index (χ2v) is 7.80. The van der Waals surface area contributed by atoms with Crippen molar-refractivity contribution in [3.8, 4) is 0 Å². The zero-order valence-electron chi connectivity index (χ0n) is 13.8. The maximum absolute atomic E-state index is 13.8. The lowest BCUT2D eigenvalue weighted by Gasteiger charge is -2.34. The summed E-state index contributed by atoms with van der Waals surface area (Å²) in [6.45, 7) is -0.406. The molecule has 0 radical (unpaired) electrons. The number of hydrogen-bond donors (Lipinski definition) is 0. The monoisotopic (exact) mass is 402 g/mol. The minimum atomic E-state index is -4.21. The van der Waals surface area contributed by atoms with Crippen LogP contribution in [0.3, 0.4) is 0 Å². The standard InChI is InChI=1S/C17H14F4N2O3S/c18-11-1-3-13(14(20)9-11)17(24)22-5-7-23(8-6-22)27(25,26)16-4-2-12(19)10-15(16)21/h1-4,9-10H,5-8H2. The number of halogens is 4. The second kappa shape index (κ2) is 7.28. The van der Waals surface area contributed by atoms with Crippen LogP contribution in [0.15, 0.2) is 41.3 Å². The van der Waals surface area contributed by atoms with Crippen LogP contribution in [0.4, 0.5) is 17.6 Å². The van der Waals surface area contributed by atoms with Gasteiger partial charge in [0.15, 0.2) is 0 Å². The van der Waals surface area contributed by atoms with Gasteiger partial charge in [0, 0.05) is 38.3 Å². The van der Waals surface area contributed by atoms with E-state index in [2.05, 4.69) is 0 Å². The first-order valence-corrected chi connectivity index (χ1v) is 9.33. The molecule has 0 N–H and O–H groups in total. The lowest BCUT2D eigenvalue weighted by atomic mass is 10.1. The van der Waals surface area contributed by atoms with Crippen LogP contribution >= 0.6 is 0 Å². The number of carbonyl (C=O) groups excluding carboxylic acids is 1. The Morgan fingerprint density at radius 3 is 1.93 bits per heavy atom. The third kappa shape index (κ3) is 3.81. The van der Waals surface area contributed by atoms with Crippen LogP contribution in [0.1, 0.15) is 10.4 Å². The average Bonchev–Trinajstić information content (AvgIpc) is 2.61. The fraction of sp³-hybridized carbons (Fsp3) is 0.235. The van der Waals surface area contributed by atoms with Gasteiger partial charge in [-0.25, -0.2) is 26.0 Å². The zero-order valence-corrected chi connectivity index (χ0v) is 14.6. The predicted octanol–water partition coefficient (Wildman–Crippen LogP) is 2.39. The van der Waals surface area contributed by atoms with E-state index in [1.807, 2.05) is 0 Å². The maximum atomic E-state index is 13.8. The molecule has 1 fully saturated rings. The summed E-state index contributed by atoms with van der Waals surface area (Å²) in [6, 6.07) is 4.71. The molecule has 0 aromatic heterocycles. The Hall–Kier alpha value is -2.46. The molecule has 144 valence electrons. The molecule has 0 atom stereocenters. The highest BCUT2D eigenvalue weighted by Crippen LogP contribution is 2.22. The maximum Gasteiger partial charge on any atom is 0.256 e. The van der Waals surface area contributed by atoms with Gasteiger partial charge in [-0.3, -0.25) is 4.79 Å². The van der Waals surface area contributed by atoms with Crippen LogP contribution in [-0.4, -0.2) is 49.7 Å². The van der Waals surface area contributed by atoms with E-state index < -0.39 is 44.1 Å². The molecule has 0 spiro atoms. The largest absolute Gasteiger partial charge is 0.336 e. The minimum Gasteiger partial charge on any atom is -0.336 e. The summed E-state index contributed by atoms with van der Waals surface area (Å²) in [5, 5.41) is 0. The molecule has 2 aromatic rings. The fourth-order valence-corrected chi connectivity index (χ4v) is 4.26. The van der Waals surface area contributed by atoms with Crippen molar-refractivity contribution in [2.45, 2.75) is 4.90 Å². The molecule has 1 aliphatic rings. The van der Waals surface area contributed by atoms with E-state index in [-0.39, 0.29) is 31.7 Å². The Balaban J connectivity index is 1.74. The number of rotatable bonds is 3. The summed E-state index contributed by atoms with van der Waals surface area (Å²) in [7, 11) is -4.21. The molecule has 1 heterocycles. The van der Waals surface area contributed by atoms with Crippen LogP contribution in [0.25, 0.3) is 0 Å². The number of piperazine rings is 1. The fourth-order valence-electron chi connectivity index (χ4n) is 2.79. The van der Waals surface area contributed by atoms with E-state index >= 15 is 0 Å². The Bertz CT molecular complexity index is 990. The first-order valence-electron chi connectivity index (χ1n) is 7.89. The van der Waals surface area contributed by atoms with Crippen LogP contribution in [0.5, 0.6) is 0 Å². The van der Waals surface area contributed by atoms with Crippen molar-refractivity contribution in [2.75, 3.05) is 26.2 Å². The Labute approximate surface area is 152 Å². The Kier molecular flexibility index (Phi) is 5.20. The molecule has 1 amide bonds. The Morgan fingerprint density at radius 1 is 0.815 bits per heavy atom. The third-order valence-corrected chi connectivity index (χ3v) is 6.13. The summed E-state index contributed by atoms with van der Waals surface area (Å²) in [5.74, 6) is -4.63. The number of carbonyl (C=O) groups is 1. The van der Waals surface area contributed by atoms with E-state index in [0.29, 0.717) is 12.1 Å². The summed E-state index contributed by atoms with van der Waals surface area (Å²) in [5.41, 5.74) is -0.322. The minimum absolute atomic E-state index is 0.0578. The number of sulfonamides is 1. The summed E-state index contributed by atoms with van der Waals surface area (Å²) in [4.78, 5) is 12.9. The van der Waals surface area contributed by atoms with Gasteiger partial charge in [0.25, 0.3) is 5.91 Å². The number of benzene rings is 2. The number of nitrogens with zero attached hydrogens (tertiary/aromatic N) is 2.